The second kappa shape index (κ2) is 8.16. The van der Waals surface area contributed by atoms with Crippen LogP contribution in [0.25, 0.3) is 0 Å². The monoisotopic (exact) mass is 467 g/mol. The lowest BCUT2D eigenvalue weighted by atomic mass is 9.80. The Kier molecular flexibility index (Phi) is 5.27. The number of fused-ring (bicyclic) bond motifs is 2. The summed E-state index contributed by atoms with van der Waals surface area (Å²) in [5.74, 6) is -0.0175. The van der Waals surface area contributed by atoms with E-state index in [4.69, 9.17) is 4.74 Å². The van der Waals surface area contributed by atoms with Gasteiger partial charge in [-0.1, -0.05) is 12.1 Å². The first kappa shape index (κ1) is 21.9. The molecule has 0 saturated carbocycles. The van der Waals surface area contributed by atoms with Crippen LogP contribution in [0.5, 0.6) is 5.75 Å². The average molecular weight is 467 g/mol. The van der Waals surface area contributed by atoms with Gasteiger partial charge >= 0.3 is 6.18 Å². The van der Waals surface area contributed by atoms with Gasteiger partial charge in [-0.15, -0.1) is 0 Å². The van der Waals surface area contributed by atoms with Gasteiger partial charge in [0.05, 0.1) is 12.2 Å². The summed E-state index contributed by atoms with van der Waals surface area (Å²) in [4.78, 5) is 29.5. The Hall–Kier alpha value is -3.88. The van der Waals surface area contributed by atoms with Crippen molar-refractivity contribution in [3.8, 4) is 5.75 Å². The highest BCUT2D eigenvalue weighted by Crippen LogP contribution is 2.41. The van der Waals surface area contributed by atoms with E-state index in [-0.39, 0.29) is 18.9 Å². The summed E-state index contributed by atoms with van der Waals surface area (Å²) in [6.07, 6.45) is -1.78. The number of carbonyl (C=O) groups excluding carboxylic acids is 2. The first-order chi connectivity index (χ1) is 16.3. The van der Waals surface area contributed by atoms with Crippen LogP contribution in [0.3, 0.4) is 0 Å². The van der Waals surface area contributed by atoms with Gasteiger partial charge < -0.3 is 15.4 Å². The van der Waals surface area contributed by atoms with E-state index in [0.29, 0.717) is 41.1 Å². The quantitative estimate of drug-likeness (QED) is 0.597. The Balaban J connectivity index is 1.55. The van der Waals surface area contributed by atoms with E-state index in [9.17, 15) is 22.8 Å². The fraction of sp³-hybridized carbons (Fsp3) is 0.240. The average Bonchev–Trinajstić information content (AvgIpc) is 2.83. The lowest BCUT2D eigenvalue weighted by Gasteiger charge is -2.39. The molecule has 1 atom stereocenters. The summed E-state index contributed by atoms with van der Waals surface area (Å²) in [6, 6.07) is 13.2. The molecule has 3 aromatic rings. The van der Waals surface area contributed by atoms with Crippen LogP contribution in [0.15, 0.2) is 60.8 Å². The van der Waals surface area contributed by atoms with Crippen LogP contribution in [0.1, 0.15) is 45.6 Å². The summed E-state index contributed by atoms with van der Waals surface area (Å²) in [5, 5.41) is 5.83. The Bertz CT molecular complexity index is 1270. The molecule has 0 saturated heterocycles. The number of anilines is 1. The molecule has 9 heteroatoms. The molecule has 2 aromatic carbocycles. The number of amides is 2. The number of nitrogens with zero attached hydrogens (tertiary/aromatic N) is 1. The van der Waals surface area contributed by atoms with Gasteiger partial charge in [0.1, 0.15) is 17.0 Å². The molecular weight excluding hydrogens is 447 g/mol. The van der Waals surface area contributed by atoms with E-state index < -0.39 is 23.2 Å². The van der Waals surface area contributed by atoms with Crippen molar-refractivity contribution in [2.24, 2.45) is 0 Å². The highest BCUT2D eigenvalue weighted by molar-refractivity contribution is 5.98. The summed E-state index contributed by atoms with van der Waals surface area (Å²) in [5.41, 5.74) is 0.847. The maximum atomic E-state index is 13.4. The fourth-order valence-electron chi connectivity index (χ4n) is 4.47. The number of aryl methyl sites for hydroxylation is 1. The number of pyridine rings is 1. The Labute approximate surface area is 193 Å². The summed E-state index contributed by atoms with van der Waals surface area (Å²) in [6.45, 7) is 0.246. The second-order valence-corrected chi connectivity index (χ2v) is 8.30. The standard InChI is InChI=1S/C25H20F3N3O3/c26-25(27,28)18-7-5-17(6-8-18)24(11-13-34-20-2-1-12-29-22(20)24)31-23(33)16-3-9-19-15(14-16)4-10-21(32)30-19/h1-3,5-9,12,14H,4,10-11,13H2,(H,30,32)(H,31,33)/t24-/m0/s1. The minimum absolute atomic E-state index is 0.0733. The van der Waals surface area contributed by atoms with Gasteiger partial charge in [-0.25, -0.2) is 0 Å². The lowest BCUT2D eigenvalue weighted by molar-refractivity contribution is -0.137. The highest BCUT2D eigenvalue weighted by Gasteiger charge is 2.43. The van der Waals surface area contributed by atoms with Crippen LogP contribution < -0.4 is 15.4 Å². The minimum Gasteiger partial charge on any atom is -0.491 e. The van der Waals surface area contributed by atoms with Crippen LogP contribution in [-0.2, 0) is 22.9 Å². The third-order valence-corrected chi connectivity index (χ3v) is 6.20. The zero-order valence-electron chi connectivity index (χ0n) is 17.9. The number of hydrogen-bond acceptors (Lipinski definition) is 4. The van der Waals surface area contributed by atoms with Crippen molar-refractivity contribution in [2.75, 3.05) is 11.9 Å². The topological polar surface area (TPSA) is 80.3 Å². The molecule has 6 nitrogen and oxygen atoms in total. The third-order valence-electron chi connectivity index (χ3n) is 6.20. The number of carbonyl (C=O) groups is 2. The number of benzene rings is 2. The Morgan fingerprint density at radius 2 is 1.88 bits per heavy atom. The number of ether oxygens (including phenoxy) is 1. The van der Waals surface area contributed by atoms with Gasteiger partial charge in [0, 0.05) is 30.3 Å². The smallest absolute Gasteiger partial charge is 0.416 e. The molecule has 2 aliphatic heterocycles. The molecule has 2 N–H and O–H groups in total. The van der Waals surface area contributed by atoms with E-state index in [1.54, 1.807) is 36.5 Å². The van der Waals surface area contributed by atoms with Crippen molar-refractivity contribution in [1.29, 1.82) is 0 Å². The first-order valence-electron chi connectivity index (χ1n) is 10.8. The van der Waals surface area contributed by atoms with E-state index in [1.165, 1.54) is 12.1 Å². The Morgan fingerprint density at radius 3 is 2.65 bits per heavy atom. The molecule has 2 aliphatic rings. The van der Waals surface area contributed by atoms with E-state index in [1.807, 2.05) is 0 Å². The van der Waals surface area contributed by atoms with E-state index >= 15 is 0 Å². The molecule has 1 aromatic heterocycles. The van der Waals surface area contributed by atoms with Crippen molar-refractivity contribution in [1.82, 2.24) is 10.3 Å². The van der Waals surface area contributed by atoms with Crippen LogP contribution in [0.4, 0.5) is 18.9 Å². The zero-order valence-corrected chi connectivity index (χ0v) is 17.9. The number of aromatic nitrogens is 1. The third kappa shape index (κ3) is 3.87. The van der Waals surface area contributed by atoms with Crippen molar-refractivity contribution in [3.05, 3.63) is 88.7 Å². The van der Waals surface area contributed by atoms with E-state index in [0.717, 1.165) is 17.7 Å². The van der Waals surface area contributed by atoms with Gasteiger partial charge in [0.15, 0.2) is 0 Å². The summed E-state index contributed by atoms with van der Waals surface area (Å²) < 4.78 is 45.2. The molecule has 0 bridgehead atoms. The molecule has 0 aliphatic carbocycles. The molecule has 0 spiro atoms. The zero-order chi connectivity index (χ0) is 23.9. The van der Waals surface area contributed by atoms with E-state index in [2.05, 4.69) is 15.6 Å². The number of halogens is 3. The largest absolute Gasteiger partial charge is 0.491 e. The summed E-state index contributed by atoms with van der Waals surface area (Å²) >= 11 is 0. The molecule has 5 rings (SSSR count). The van der Waals surface area contributed by atoms with Gasteiger partial charge in [-0.3, -0.25) is 14.6 Å². The normalized spacial score (nSPS) is 19.3. The highest BCUT2D eigenvalue weighted by atomic mass is 19.4. The number of rotatable bonds is 3. The maximum absolute atomic E-state index is 13.4. The second-order valence-electron chi connectivity index (χ2n) is 8.30. The number of hydrogen-bond donors (Lipinski definition) is 2. The fourth-order valence-corrected chi connectivity index (χ4v) is 4.47. The van der Waals surface area contributed by atoms with Crippen LogP contribution >= 0.6 is 0 Å². The number of alkyl halides is 3. The van der Waals surface area contributed by atoms with Crippen molar-refractivity contribution < 1.29 is 27.5 Å². The van der Waals surface area contributed by atoms with Crippen LogP contribution in [0, 0.1) is 0 Å². The molecule has 0 unspecified atom stereocenters. The van der Waals surface area contributed by atoms with Crippen molar-refractivity contribution in [2.45, 2.75) is 31.0 Å². The van der Waals surface area contributed by atoms with Gasteiger partial charge in [0.25, 0.3) is 5.91 Å². The molecule has 2 amide bonds. The molecular formula is C25H20F3N3O3. The predicted molar refractivity (Wildman–Crippen MR) is 117 cm³/mol. The minimum atomic E-state index is -4.47. The van der Waals surface area contributed by atoms with Crippen molar-refractivity contribution in [3.63, 3.8) is 0 Å². The molecule has 174 valence electrons. The van der Waals surface area contributed by atoms with Crippen molar-refractivity contribution >= 4 is 17.5 Å². The molecule has 0 radical (unpaired) electrons. The predicted octanol–water partition coefficient (Wildman–Crippen LogP) is 4.44. The SMILES string of the molecule is O=C1CCc2cc(C(=O)N[C@]3(c4ccc(C(F)(F)F)cc4)CCOc4cccnc43)ccc2N1. The summed E-state index contributed by atoms with van der Waals surface area (Å²) in [7, 11) is 0. The molecule has 34 heavy (non-hydrogen) atoms. The maximum Gasteiger partial charge on any atom is 0.416 e. The van der Waals surface area contributed by atoms with Gasteiger partial charge in [-0.2, -0.15) is 13.2 Å². The van der Waals surface area contributed by atoms with Crippen LogP contribution in [-0.4, -0.2) is 23.4 Å². The molecule has 0 fully saturated rings. The Morgan fingerprint density at radius 1 is 1.09 bits per heavy atom. The van der Waals surface area contributed by atoms with Gasteiger partial charge in [0.2, 0.25) is 5.91 Å². The lowest BCUT2D eigenvalue weighted by Crippen LogP contribution is -2.50. The molecule has 3 heterocycles. The first-order valence-corrected chi connectivity index (χ1v) is 10.8. The van der Waals surface area contributed by atoms with Gasteiger partial charge in [-0.05, 0) is 60.0 Å². The number of nitrogens with one attached hydrogen (secondary N) is 2. The van der Waals surface area contributed by atoms with Crippen LogP contribution in [0.2, 0.25) is 0 Å².